The minimum atomic E-state index is -4.03. The van der Waals surface area contributed by atoms with E-state index in [0.717, 1.165) is 4.31 Å². The Hall–Kier alpha value is -3.56. The minimum Gasteiger partial charge on any atom is -0.486 e. The molecule has 0 unspecified atom stereocenters. The first-order valence-corrected chi connectivity index (χ1v) is 11.8. The Labute approximate surface area is 196 Å². The van der Waals surface area contributed by atoms with Crippen LogP contribution < -0.4 is 19.2 Å². The highest BCUT2D eigenvalue weighted by Crippen LogP contribution is 2.32. The number of benzene rings is 3. The zero-order valence-electron chi connectivity index (χ0n) is 17.3. The number of anilines is 1. The zero-order chi connectivity index (χ0) is 23.3. The van der Waals surface area contributed by atoms with Gasteiger partial charge in [0.05, 0.1) is 16.8 Å². The van der Waals surface area contributed by atoms with Gasteiger partial charge in [-0.3, -0.25) is 9.10 Å². The lowest BCUT2D eigenvalue weighted by Crippen LogP contribution is -2.39. The number of amides is 1. The van der Waals surface area contributed by atoms with Crippen LogP contribution in [-0.4, -0.2) is 40.3 Å². The third kappa shape index (κ3) is 5.27. The number of rotatable bonds is 7. The number of hydrogen-bond donors (Lipinski definition) is 1. The van der Waals surface area contributed by atoms with E-state index in [1.807, 2.05) is 0 Å². The molecule has 0 aromatic heterocycles. The summed E-state index contributed by atoms with van der Waals surface area (Å²) in [7, 11) is -4.03. The maximum atomic E-state index is 13.3. The molecule has 1 amide bonds. The lowest BCUT2D eigenvalue weighted by atomic mass is 10.2. The van der Waals surface area contributed by atoms with E-state index < -0.39 is 22.5 Å². The number of para-hydroxylation sites is 1. The van der Waals surface area contributed by atoms with Gasteiger partial charge in [-0.15, -0.1) is 0 Å². The average molecular weight is 486 g/mol. The highest BCUT2D eigenvalue weighted by Gasteiger charge is 2.27. The molecule has 4 rings (SSSR count). The SMILES string of the molecule is O=C(CN(c1cccc(Cl)c1)S(=O)(=O)c1ccccc1)N/N=C/c1cccc2c1OCCO2. The molecule has 1 aliphatic rings. The molecule has 0 fully saturated rings. The fourth-order valence-corrected chi connectivity index (χ4v) is 4.82. The summed E-state index contributed by atoms with van der Waals surface area (Å²) in [5, 5.41) is 4.30. The number of fused-ring (bicyclic) bond motifs is 1. The number of nitrogens with one attached hydrogen (secondary N) is 1. The predicted octanol–water partition coefficient (Wildman–Crippen LogP) is 3.46. The van der Waals surface area contributed by atoms with E-state index >= 15 is 0 Å². The third-order valence-electron chi connectivity index (χ3n) is 4.70. The number of hydrazone groups is 1. The molecular weight excluding hydrogens is 466 g/mol. The first-order chi connectivity index (χ1) is 15.9. The quantitative estimate of drug-likeness (QED) is 0.408. The fourth-order valence-electron chi connectivity index (χ4n) is 3.20. The van der Waals surface area contributed by atoms with Crippen LogP contribution in [0.15, 0.2) is 82.8 Å². The Balaban J connectivity index is 1.54. The number of sulfonamides is 1. The van der Waals surface area contributed by atoms with E-state index in [2.05, 4.69) is 10.5 Å². The van der Waals surface area contributed by atoms with Crippen molar-refractivity contribution in [2.24, 2.45) is 5.10 Å². The highest BCUT2D eigenvalue weighted by molar-refractivity contribution is 7.92. The standard InChI is InChI=1S/C23H20ClN3O5S/c24-18-7-5-8-19(14-18)27(33(29,30)20-9-2-1-3-10-20)16-22(28)26-25-15-17-6-4-11-21-23(17)32-13-12-31-21/h1-11,14-15H,12-13,16H2,(H,26,28)/b25-15+. The molecule has 3 aromatic carbocycles. The van der Waals surface area contributed by atoms with Gasteiger partial charge in [-0.2, -0.15) is 5.10 Å². The van der Waals surface area contributed by atoms with Gasteiger partial charge >= 0.3 is 0 Å². The molecule has 0 atom stereocenters. The van der Waals surface area contributed by atoms with Gasteiger partial charge in [0.25, 0.3) is 15.9 Å². The van der Waals surface area contributed by atoms with E-state index in [-0.39, 0.29) is 10.6 Å². The Kier molecular flexibility index (Phi) is 6.81. The molecule has 0 saturated heterocycles. The number of nitrogens with zero attached hydrogens (tertiary/aromatic N) is 2. The van der Waals surface area contributed by atoms with Gasteiger partial charge in [0.2, 0.25) is 0 Å². The molecule has 0 bridgehead atoms. The Bertz CT molecular complexity index is 1280. The van der Waals surface area contributed by atoms with Crippen molar-refractivity contribution in [1.82, 2.24) is 5.43 Å². The lowest BCUT2D eigenvalue weighted by molar-refractivity contribution is -0.119. The molecule has 170 valence electrons. The van der Waals surface area contributed by atoms with Crippen LogP contribution in [0.25, 0.3) is 0 Å². The largest absolute Gasteiger partial charge is 0.486 e. The summed E-state index contributed by atoms with van der Waals surface area (Å²) in [5.74, 6) is 0.499. The number of hydrogen-bond acceptors (Lipinski definition) is 6. The van der Waals surface area contributed by atoms with Crippen molar-refractivity contribution in [2.45, 2.75) is 4.90 Å². The first kappa shape index (κ1) is 22.6. The van der Waals surface area contributed by atoms with E-state index in [0.29, 0.717) is 35.3 Å². The molecule has 3 aromatic rings. The van der Waals surface area contributed by atoms with Crippen LogP contribution in [0.1, 0.15) is 5.56 Å². The molecule has 1 heterocycles. The van der Waals surface area contributed by atoms with Crippen LogP contribution in [0, 0.1) is 0 Å². The summed E-state index contributed by atoms with van der Waals surface area (Å²) in [5.41, 5.74) is 3.25. The Morgan fingerprint density at radius 3 is 2.58 bits per heavy atom. The van der Waals surface area contributed by atoms with E-state index in [4.69, 9.17) is 21.1 Å². The molecule has 0 saturated carbocycles. The summed E-state index contributed by atoms with van der Waals surface area (Å²) in [6.45, 7) is 0.372. The van der Waals surface area contributed by atoms with Crippen molar-refractivity contribution in [3.8, 4) is 11.5 Å². The van der Waals surface area contributed by atoms with Gasteiger partial charge in [0.1, 0.15) is 19.8 Å². The maximum absolute atomic E-state index is 13.3. The second-order valence-electron chi connectivity index (χ2n) is 6.97. The third-order valence-corrected chi connectivity index (χ3v) is 6.73. The van der Waals surface area contributed by atoms with Crippen molar-refractivity contribution in [2.75, 3.05) is 24.1 Å². The van der Waals surface area contributed by atoms with Crippen molar-refractivity contribution in [3.63, 3.8) is 0 Å². The van der Waals surface area contributed by atoms with Gasteiger partial charge in [0.15, 0.2) is 11.5 Å². The summed E-state index contributed by atoms with van der Waals surface area (Å²) in [6, 6.07) is 19.5. The number of halogens is 1. The highest BCUT2D eigenvalue weighted by atomic mass is 35.5. The summed E-state index contributed by atoms with van der Waals surface area (Å²) in [6.07, 6.45) is 1.42. The second kappa shape index (κ2) is 9.93. The summed E-state index contributed by atoms with van der Waals surface area (Å²) in [4.78, 5) is 12.7. The van der Waals surface area contributed by atoms with Gasteiger partial charge in [0, 0.05) is 10.6 Å². The van der Waals surface area contributed by atoms with Gasteiger partial charge in [-0.25, -0.2) is 13.8 Å². The van der Waals surface area contributed by atoms with Crippen LogP contribution in [0.2, 0.25) is 5.02 Å². The summed E-state index contributed by atoms with van der Waals surface area (Å²) < 4.78 is 38.7. The molecule has 1 aliphatic heterocycles. The molecule has 8 nitrogen and oxygen atoms in total. The molecular formula is C23H20ClN3O5S. The number of carbonyl (C=O) groups is 1. The smallest absolute Gasteiger partial charge is 0.264 e. The van der Waals surface area contributed by atoms with Crippen LogP contribution in [0.4, 0.5) is 5.69 Å². The van der Waals surface area contributed by atoms with Crippen molar-refractivity contribution < 1.29 is 22.7 Å². The van der Waals surface area contributed by atoms with Crippen LogP contribution >= 0.6 is 11.6 Å². The Morgan fingerprint density at radius 1 is 1.03 bits per heavy atom. The van der Waals surface area contributed by atoms with Crippen molar-refractivity contribution in [3.05, 3.63) is 83.4 Å². The average Bonchev–Trinajstić information content (AvgIpc) is 2.83. The van der Waals surface area contributed by atoms with Gasteiger partial charge in [-0.05, 0) is 42.5 Å². The lowest BCUT2D eigenvalue weighted by Gasteiger charge is -2.23. The van der Waals surface area contributed by atoms with Gasteiger partial charge < -0.3 is 9.47 Å². The molecule has 0 spiro atoms. The van der Waals surface area contributed by atoms with Crippen LogP contribution in [0.5, 0.6) is 11.5 Å². The van der Waals surface area contributed by atoms with E-state index in [1.54, 1.807) is 54.6 Å². The van der Waals surface area contributed by atoms with Crippen LogP contribution in [0.3, 0.4) is 0 Å². The first-order valence-electron chi connectivity index (χ1n) is 9.99. The predicted molar refractivity (Wildman–Crippen MR) is 126 cm³/mol. The van der Waals surface area contributed by atoms with Crippen LogP contribution in [-0.2, 0) is 14.8 Å². The monoisotopic (exact) mass is 485 g/mol. The summed E-state index contributed by atoms with van der Waals surface area (Å²) >= 11 is 6.06. The van der Waals surface area contributed by atoms with E-state index in [9.17, 15) is 13.2 Å². The van der Waals surface area contributed by atoms with Crippen molar-refractivity contribution in [1.29, 1.82) is 0 Å². The zero-order valence-corrected chi connectivity index (χ0v) is 18.9. The molecule has 0 aliphatic carbocycles. The van der Waals surface area contributed by atoms with E-state index in [1.165, 1.54) is 24.4 Å². The normalized spacial score (nSPS) is 13.0. The minimum absolute atomic E-state index is 0.0503. The van der Waals surface area contributed by atoms with Crippen molar-refractivity contribution >= 4 is 39.4 Å². The molecule has 33 heavy (non-hydrogen) atoms. The maximum Gasteiger partial charge on any atom is 0.264 e. The Morgan fingerprint density at radius 2 is 1.79 bits per heavy atom. The molecule has 1 N–H and O–H groups in total. The van der Waals surface area contributed by atoms with Gasteiger partial charge in [-0.1, -0.05) is 41.9 Å². The molecule has 10 heteroatoms. The second-order valence-corrected chi connectivity index (χ2v) is 9.27. The number of ether oxygens (including phenoxy) is 2. The fraction of sp³-hybridized carbons (Fsp3) is 0.130. The molecule has 0 radical (unpaired) electrons. The topological polar surface area (TPSA) is 97.3 Å². The number of carbonyl (C=O) groups excluding carboxylic acids is 1.